The first-order valence-corrected chi connectivity index (χ1v) is 15.7. The van der Waals surface area contributed by atoms with Crippen molar-refractivity contribution in [3.8, 4) is 17.3 Å². The number of hydrogen-bond donors (Lipinski definition) is 2. The summed E-state index contributed by atoms with van der Waals surface area (Å²) in [6.45, 7) is 4.26. The summed E-state index contributed by atoms with van der Waals surface area (Å²) in [6.07, 6.45) is 6.41. The number of nitrogens with zero attached hydrogens (tertiary/aromatic N) is 3. The molecule has 3 heterocycles. The predicted molar refractivity (Wildman–Crippen MR) is 156 cm³/mol. The Morgan fingerprint density at radius 2 is 2.03 bits per heavy atom. The predicted octanol–water partition coefficient (Wildman–Crippen LogP) is 5.52. The number of hydrogen-bond acceptors (Lipinski definition) is 8. The molecule has 1 unspecified atom stereocenters. The molecule has 1 aliphatic heterocycles. The maximum Gasteiger partial charge on any atom is 0.151 e. The summed E-state index contributed by atoms with van der Waals surface area (Å²) in [4.78, 5) is 8.93. The van der Waals surface area contributed by atoms with Crippen LogP contribution in [0, 0.1) is 22.6 Å². The van der Waals surface area contributed by atoms with Crippen molar-refractivity contribution in [1.29, 1.82) is 5.26 Å². The van der Waals surface area contributed by atoms with Gasteiger partial charge in [-0.05, 0) is 63.6 Å². The molecule has 8 nitrogen and oxygen atoms in total. The van der Waals surface area contributed by atoms with Gasteiger partial charge in [-0.15, -0.1) is 0 Å². The van der Waals surface area contributed by atoms with Crippen LogP contribution in [0.2, 0.25) is 0 Å². The minimum Gasteiger partial charge on any atom is -0.382 e. The fourth-order valence-electron chi connectivity index (χ4n) is 5.06. The molecule has 1 aliphatic carbocycles. The molecule has 0 bridgehead atoms. The lowest BCUT2D eigenvalue weighted by molar-refractivity contribution is -0.0626. The van der Waals surface area contributed by atoms with Crippen molar-refractivity contribution in [2.24, 2.45) is 5.41 Å². The average Bonchev–Trinajstić information content (AvgIpc) is 2.95. The molecule has 2 aromatic heterocycles. The summed E-state index contributed by atoms with van der Waals surface area (Å²) in [6, 6.07) is 9.87. The fourth-order valence-corrected chi connectivity index (χ4v) is 7.06. The van der Waals surface area contributed by atoms with Gasteiger partial charge >= 0.3 is 0 Å². The number of nitriles is 1. The van der Waals surface area contributed by atoms with E-state index in [1.54, 1.807) is 19.2 Å². The summed E-state index contributed by atoms with van der Waals surface area (Å²) in [5.74, 6) is 0.808. The monoisotopic (exact) mass is 637 g/mol. The van der Waals surface area contributed by atoms with E-state index in [0.29, 0.717) is 62.1 Å². The van der Waals surface area contributed by atoms with E-state index in [0.717, 1.165) is 25.7 Å². The highest BCUT2D eigenvalue weighted by molar-refractivity contribution is 14.2. The van der Waals surface area contributed by atoms with E-state index < -0.39 is 11.2 Å². The maximum atomic E-state index is 14.9. The topological polar surface area (TPSA) is 101 Å². The van der Waals surface area contributed by atoms with Crippen LogP contribution in [-0.4, -0.2) is 63.7 Å². The quantitative estimate of drug-likeness (QED) is 0.246. The molecule has 1 atom stereocenters. The van der Waals surface area contributed by atoms with E-state index in [-0.39, 0.29) is 36.5 Å². The van der Waals surface area contributed by atoms with Gasteiger partial charge in [0.25, 0.3) is 0 Å². The zero-order valence-corrected chi connectivity index (χ0v) is 24.3. The lowest BCUT2D eigenvalue weighted by atomic mass is 9.82. The summed E-state index contributed by atoms with van der Waals surface area (Å²) in [5, 5.41) is 16.5. The number of nitrogens with one attached hydrogen (secondary N) is 2. The van der Waals surface area contributed by atoms with Crippen LogP contribution in [-0.2, 0) is 14.2 Å². The molecular formula is C28H37FIN5O3. The van der Waals surface area contributed by atoms with Gasteiger partial charge < -0.3 is 24.8 Å². The zero-order chi connectivity index (χ0) is 27.0. The van der Waals surface area contributed by atoms with E-state index >= 15 is 0 Å². The molecule has 0 radical (unpaired) electrons. The maximum absolute atomic E-state index is 14.9. The minimum absolute atomic E-state index is 0.0483. The van der Waals surface area contributed by atoms with Gasteiger partial charge in [-0.25, -0.2) is 14.4 Å². The largest absolute Gasteiger partial charge is 0.382 e. The van der Waals surface area contributed by atoms with Crippen LogP contribution in [0.3, 0.4) is 0 Å². The first-order valence-electron chi connectivity index (χ1n) is 13.1. The average molecular weight is 638 g/mol. The van der Waals surface area contributed by atoms with Gasteiger partial charge in [-0.1, -0.05) is 31.3 Å². The van der Waals surface area contributed by atoms with Crippen molar-refractivity contribution in [3.63, 3.8) is 0 Å². The second kappa shape index (κ2) is 13.2. The number of anilines is 2. The van der Waals surface area contributed by atoms with Crippen LogP contribution < -0.4 is 10.6 Å². The molecular weight excluding hydrogens is 600 g/mol. The number of alkyl halides is 1. The summed E-state index contributed by atoms with van der Waals surface area (Å²) in [5.41, 5.74) is 0.425. The molecule has 2 fully saturated rings. The molecule has 2 aliphatic rings. The molecule has 0 spiro atoms. The van der Waals surface area contributed by atoms with Crippen LogP contribution in [0.25, 0.3) is 11.3 Å². The Bertz CT molecular complexity index is 1130. The fraction of sp³-hybridized carbons (Fsp3) is 0.571. The highest BCUT2D eigenvalue weighted by Gasteiger charge is 2.36. The number of aromatic nitrogens is 2. The van der Waals surface area contributed by atoms with Crippen LogP contribution in [0.15, 0.2) is 30.5 Å². The van der Waals surface area contributed by atoms with Gasteiger partial charge in [0.2, 0.25) is 0 Å². The molecule has 10 heteroatoms. The van der Waals surface area contributed by atoms with Crippen molar-refractivity contribution in [3.05, 3.63) is 36.3 Å². The van der Waals surface area contributed by atoms with E-state index in [2.05, 4.69) is 31.2 Å². The molecule has 1 saturated heterocycles. The van der Waals surface area contributed by atoms with Crippen molar-refractivity contribution in [1.82, 2.24) is 9.97 Å². The third-order valence-corrected chi connectivity index (χ3v) is 10.0. The zero-order valence-electron chi connectivity index (χ0n) is 22.1. The van der Waals surface area contributed by atoms with E-state index in [1.807, 2.05) is 19.1 Å². The molecule has 38 heavy (non-hydrogen) atoms. The normalized spacial score (nSPS) is 23.8. The van der Waals surface area contributed by atoms with Gasteiger partial charge in [-0.3, -0.25) is 0 Å². The van der Waals surface area contributed by atoms with E-state index in [9.17, 15) is 9.65 Å². The van der Waals surface area contributed by atoms with Crippen LogP contribution in [0.4, 0.5) is 16.0 Å². The minimum atomic E-state index is -0.477. The van der Waals surface area contributed by atoms with Crippen molar-refractivity contribution in [2.75, 3.05) is 44.1 Å². The lowest BCUT2D eigenvalue weighted by Crippen LogP contribution is -2.39. The van der Waals surface area contributed by atoms with Gasteiger partial charge in [0, 0.05) is 38.5 Å². The molecule has 2 aromatic rings. The smallest absolute Gasteiger partial charge is 0.151 e. The molecule has 0 amide bonds. The first-order chi connectivity index (χ1) is 18.4. The van der Waals surface area contributed by atoms with Crippen molar-refractivity contribution in [2.45, 2.75) is 61.2 Å². The Balaban J connectivity index is 1.40. The SMILES string of the molecule is C=IC1(OC(C)COC)CCC(Nc2cc(-c3cccc(NCC4(C#N)CCOCC4)n3)c(F)cn2)CC1. The molecule has 0 aromatic carbocycles. The summed E-state index contributed by atoms with van der Waals surface area (Å²) in [7, 11) is 1.69. The van der Waals surface area contributed by atoms with Gasteiger partial charge in [0.1, 0.15) is 15.2 Å². The summed E-state index contributed by atoms with van der Waals surface area (Å²) < 4.78 is 36.0. The third-order valence-electron chi connectivity index (χ3n) is 7.32. The summed E-state index contributed by atoms with van der Waals surface area (Å²) >= 11 is -0.341. The molecule has 2 N–H and O–H groups in total. The van der Waals surface area contributed by atoms with Crippen LogP contribution in [0.1, 0.15) is 45.4 Å². The van der Waals surface area contributed by atoms with Crippen LogP contribution in [0.5, 0.6) is 0 Å². The molecule has 4 rings (SSSR count). The van der Waals surface area contributed by atoms with Gasteiger partial charge in [0.05, 0.1) is 36.1 Å². The van der Waals surface area contributed by atoms with Crippen LogP contribution >= 0.6 is 20.7 Å². The number of halogens is 2. The first kappa shape index (κ1) is 28.8. The Labute approximate surface area is 234 Å². The van der Waals surface area contributed by atoms with E-state index in [1.165, 1.54) is 6.20 Å². The van der Waals surface area contributed by atoms with Gasteiger partial charge in [-0.2, -0.15) is 5.26 Å². The van der Waals surface area contributed by atoms with E-state index in [4.69, 9.17) is 14.2 Å². The number of methoxy groups -OCH3 is 1. The second-order valence-electron chi connectivity index (χ2n) is 10.1. The van der Waals surface area contributed by atoms with Crippen molar-refractivity contribution < 1.29 is 18.6 Å². The van der Waals surface area contributed by atoms with Crippen molar-refractivity contribution >= 4 is 36.9 Å². The Kier molecular flexibility index (Phi) is 10.0. The molecule has 1 saturated carbocycles. The lowest BCUT2D eigenvalue weighted by Gasteiger charge is -2.39. The second-order valence-corrected chi connectivity index (χ2v) is 12.9. The highest BCUT2D eigenvalue weighted by atomic mass is 127. The Morgan fingerprint density at radius 3 is 2.71 bits per heavy atom. The number of rotatable bonds is 11. The molecule has 206 valence electrons. The number of ether oxygens (including phenoxy) is 3. The van der Waals surface area contributed by atoms with Gasteiger partial charge in [0.15, 0.2) is 5.82 Å². The Morgan fingerprint density at radius 1 is 1.26 bits per heavy atom. The highest BCUT2D eigenvalue weighted by Crippen LogP contribution is 2.42. The third kappa shape index (κ3) is 7.25. The number of pyridine rings is 2. The standard InChI is InChI=1S/C28H37FIN5O3/c1-20(17-36-3)38-28(30-2)9-7-21(8-10-28)34-26-15-22(23(29)16-32-26)24-5-4-6-25(35-24)33-19-27(18-31)11-13-37-14-12-27/h4-6,15-16,20-21H,2,7-14,17,19H2,1,3H3,(H,32,34)(H,33,35). The Hall–Kier alpha value is -2.20.